The molecule has 0 aromatic rings. The van der Waals surface area contributed by atoms with E-state index in [4.69, 9.17) is 32.3 Å². The van der Waals surface area contributed by atoms with Gasteiger partial charge in [-0.25, -0.2) is 9.13 Å². The summed E-state index contributed by atoms with van der Waals surface area (Å²) in [5, 5.41) is 20.5. The van der Waals surface area contributed by atoms with Crippen LogP contribution in [0.3, 0.4) is 0 Å². The van der Waals surface area contributed by atoms with Crippen LogP contribution in [-0.2, 0) is 55.8 Å². The molecule has 0 saturated carbocycles. The third kappa shape index (κ3) is 58.3. The van der Waals surface area contributed by atoms with Crippen LogP contribution >= 0.6 is 15.6 Å². The van der Waals surface area contributed by atoms with Crippen LogP contribution in [0.2, 0.25) is 0 Å². The Bertz CT molecular complexity index is 1830. The van der Waals surface area contributed by atoms with Gasteiger partial charge >= 0.3 is 33.6 Å². The highest BCUT2D eigenvalue weighted by atomic mass is 31.2. The van der Waals surface area contributed by atoms with Crippen molar-refractivity contribution < 1.29 is 75.8 Å². The maximum atomic E-state index is 12.8. The van der Waals surface area contributed by atoms with Gasteiger partial charge in [0.15, 0.2) is 6.10 Å². The molecule has 0 spiro atoms. The maximum absolute atomic E-state index is 12.8. The zero-order valence-corrected chi connectivity index (χ0v) is 52.0. The lowest BCUT2D eigenvalue weighted by Gasteiger charge is -2.21. The summed E-state index contributed by atoms with van der Waals surface area (Å²) in [6.07, 6.45) is 58.0. The van der Waals surface area contributed by atoms with E-state index in [0.29, 0.717) is 19.3 Å². The number of phosphoric acid groups is 2. The standard InChI is InChI=1S/C63H110O16P2/c1-4-7-10-13-16-19-22-24-26-27-28-29-31-33-35-37-40-43-46-49-61(66)73-52-58(64)53-75-80(69,70)76-54-59(65)55-77-81(71,72)78-57-60(79-63(68)51-48-45-42-39-34-21-18-15-12-9-6-3)56-74-62(67)50-47-44-41-38-36-32-30-25-23-20-17-14-11-8-5-2/h7,10,15-16,18-19,24-26,28-30,33,35,58-60,64-65H,4-6,8-9,11-14,17,20-23,27,31-32,34,36-57H2,1-3H3,(H,69,70)(H,71,72)/b10-7-,18-15-,19-16-,26-24-,29-28-,30-25-,35-33-. The summed E-state index contributed by atoms with van der Waals surface area (Å²) < 4.78 is 60.6. The van der Waals surface area contributed by atoms with E-state index in [2.05, 4.69) is 106 Å². The average Bonchev–Trinajstić information content (AvgIpc) is 3.44. The SMILES string of the molecule is CC/C=C\C/C=C\C/C=C\C/C=C\C/C=C\CCCCCC(=O)OCC(O)COP(=O)(O)OCC(O)COP(=O)(O)OCC(COC(=O)CCCCCCC/C=C\CCCCCCCC)OC(=O)CCCCCCC/C=C\CCCC. The largest absolute Gasteiger partial charge is 0.472 e. The fourth-order valence-electron chi connectivity index (χ4n) is 7.81. The molecule has 18 heteroatoms. The first-order valence-corrected chi connectivity index (χ1v) is 33.9. The van der Waals surface area contributed by atoms with E-state index in [-0.39, 0.29) is 19.3 Å². The van der Waals surface area contributed by atoms with E-state index in [1.54, 1.807) is 0 Å². The van der Waals surface area contributed by atoms with Gasteiger partial charge in [-0.1, -0.05) is 196 Å². The van der Waals surface area contributed by atoms with Crippen LogP contribution < -0.4 is 0 Å². The highest BCUT2D eigenvalue weighted by Gasteiger charge is 2.29. The molecule has 0 rings (SSSR count). The van der Waals surface area contributed by atoms with Crippen LogP contribution in [0.4, 0.5) is 0 Å². The van der Waals surface area contributed by atoms with E-state index in [9.17, 15) is 43.5 Å². The summed E-state index contributed by atoms with van der Waals surface area (Å²) in [6.45, 7) is 2.43. The third-order valence-corrected chi connectivity index (χ3v) is 14.5. The second-order valence-corrected chi connectivity index (χ2v) is 23.4. The Labute approximate surface area is 489 Å². The molecule has 468 valence electrons. The van der Waals surface area contributed by atoms with Crippen molar-refractivity contribution in [3.63, 3.8) is 0 Å². The van der Waals surface area contributed by atoms with Crippen molar-refractivity contribution in [3.8, 4) is 0 Å². The molecule has 0 radical (unpaired) electrons. The second-order valence-electron chi connectivity index (χ2n) is 20.5. The number of carbonyl (C=O) groups is 3. The van der Waals surface area contributed by atoms with Gasteiger partial charge in [0.25, 0.3) is 0 Å². The number of phosphoric ester groups is 2. The summed E-state index contributed by atoms with van der Waals surface area (Å²) in [6, 6.07) is 0. The zero-order valence-electron chi connectivity index (χ0n) is 50.2. The van der Waals surface area contributed by atoms with Crippen LogP contribution in [0.25, 0.3) is 0 Å². The van der Waals surface area contributed by atoms with Gasteiger partial charge in [-0.2, -0.15) is 0 Å². The van der Waals surface area contributed by atoms with Crippen LogP contribution in [-0.4, -0.2) is 95.9 Å². The first-order chi connectivity index (χ1) is 39.2. The van der Waals surface area contributed by atoms with Crippen molar-refractivity contribution in [2.24, 2.45) is 0 Å². The Hall–Kier alpha value is -3.27. The summed E-state index contributed by atoms with van der Waals surface area (Å²) in [4.78, 5) is 58.1. The summed E-state index contributed by atoms with van der Waals surface area (Å²) >= 11 is 0. The lowest BCUT2D eigenvalue weighted by atomic mass is 10.1. The number of hydrogen-bond acceptors (Lipinski definition) is 14. The third-order valence-electron chi connectivity index (χ3n) is 12.6. The van der Waals surface area contributed by atoms with Crippen LogP contribution in [0.1, 0.15) is 239 Å². The summed E-state index contributed by atoms with van der Waals surface area (Å²) in [5.41, 5.74) is 0. The molecular formula is C63H110O16P2. The number of aliphatic hydroxyl groups excluding tert-OH is 2. The van der Waals surface area contributed by atoms with Crippen molar-refractivity contribution in [2.45, 2.75) is 257 Å². The van der Waals surface area contributed by atoms with E-state index in [1.807, 2.05) is 0 Å². The quantitative estimate of drug-likeness (QED) is 0.0146. The number of unbranched alkanes of at least 4 members (excludes halogenated alkanes) is 21. The van der Waals surface area contributed by atoms with Gasteiger partial charge in [0.05, 0.1) is 26.4 Å². The van der Waals surface area contributed by atoms with Gasteiger partial charge in [-0.3, -0.25) is 32.5 Å². The topological polar surface area (TPSA) is 231 Å². The van der Waals surface area contributed by atoms with Gasteiger partial charge in [0.1, 0.15) is 25.4 Å². The minimum Gasteiger partial charge on any atom is -0.463 e. The molecule has 0 fully saturated rings. The van der Waals surface area contributed by atoms with Gasteiger partial charge in [0.2, 0.25) is 0 Å². The minimum atomic E-state index is -4.92. The number of ether oxygens (including phenoxy) is 3. The number of esters is 3. The molecular weight excluding hydrogens is 1070 g/mol. The fraction of sp³-hybridized carbons (Fsp3) is 0.730. The first kappa shape index (κ1) is 77.7. The molecule has 0 saturated heterocycles. The molecule has 5 unspecified atom stereocenters. The fourth-order valence-corrected chi connectivity index (χ4v) is 9.39. The molecule has 4 N–H and O–H groups in total. The second kappa shape index (κ2) is 57.2. The molecule has 0 aromatic carbocycles. The molecule has 0 aromatic heterocycles. The van der Waals surface area contributed by atoms with Crippen molar-refractivity contribution in [1.82, 2.24) is 0 Å². The smallest absolute Gasteiger partial charge is 0.463 e. The van der Waals surface area contributed by atoms with Crippen molar-refractivity contribution in [1.29, 1.82) is 0 Å². The van der Waals surface area contributed by atoms with Crippen molar-refractivity contribution in [2.75, 3.05) is 39.6 Å². The van der Waals surface area contributed by atoms with E-state index in [0.717, 1.165) is 128 Å². The number of allylic oxidation sites excluding steroid dienone is 14. The zero-order chi connectivity index (χ0) is 59.6. The number of aliphatic hydroxyl groups is 2. The van der Waals surface area contributed by atoms with E-state index >= 15 is 0 Å². The molecule has 0 aliphatic carbocycles. The first-order valence-electron chi connectivity index (χ1n) is 30.9. The summed E-state index contributed by atoms with van der Waals surface area (Å²) in [7, 11) is -9.77. The normalized spacial score (nSPS) is 15.0. The Morgan fingerprint density at radius 3 is 1.10 bits per heavy atom. The van der Waals surface area contributed by atoms with E-state index in [1.165, 1.54) is 51.4 Å². The highest BCUT2D eigenvalue weighted by molar-refractivity contribution is 7.47. The molecule has 81 heavy (non-hydrogen) atoms. The van der Waals surface area contributed by atoms with Crippen LogP contribution in [0.15, 0.2) is 85.1 Å². The van der Waals surface area contributed by atoms with Crippen LogP contribution in [0, 0.1) is 0 Å². The van der Waals surface area contributed by atoms with Crippen molar-refractivity contribution in [3.05, 3.63) is 85.1 Å². The monoisotopic (exact) mass is 1180 g/mol. The van der Waals surface area contributed by atoms with Crippen LogP contribution in [0.5, 0.6) is 0 Å². The Kier molecular flexibility index (Phi) is 54.9. The summed E-state index contributed by atoms with van der Waals surface area (Å²) in [5.74, 6) is -1.63. The van der Waals surface area contributed by atoms with Gasteiger partial charge in [-0.15, -0.1) is 0 Å². The Morgan fingerprint density at radius 1 is 0.358 bits per heavy atom. The molecule has 0 aliphatic rings. The van der Waals surface area contributed by atoms with Gasteiger partial charge in [-0.05, 0) is 109 Å². The predicted molar refractivity (Wildman–Crippen MR) is 325 cm³/mol. The Balaban J connectivity index is 4.65. The lowest BCUT2D eigenvalue weighted by Crippen LogP contribution is -2.30. The van der Waals surface area contributed by atoms with Crippen molar-refractivity contribution >= 4 is 33.6 Å². The van der Waals surface area contributed by atoms with Gasteiger partial charge < -0.3 is 34.2 Å². The van der Waals surface area contributed by atoms with Gasteiger partial charge in [0, 0.05) is 19.3 Å². The van der Waals surface area contributed by atoms with E-state index < -0.39 is 91.5 Å². The molecule has 16 nitrogen and oxygen atoms in total. The molecule has 0 amide bonds. The Morgan fingerprint density at radius 2 is 0.667 bits per heavy atom. The minimum absolute atomic E-state index is 0.0922. The average molecular weight is 1190 g/mol. The highest BCUT2D eigenvalue weighted by Crippen LogP contribution is 2.45. The molecule has 5 atom stereocenters. The molecule has 0 heterocycles. The lowest BCUT2D eigenvalue weighted by molar-refractivity contribution is -0.161. The maximum Gasteiger partial charge on any atom is 0.472 e. The number of rotatable bonds is 58. The predicted octanol–water partition coefficient (Wildman–Crippen LogP) is 16.2. The number of carbonyl (C=O) groups excluding carboxylic acids is 3. The number of hydrogen-bond donors (Lipinski definition) is 4. The molecule has 0 bridgehead atoms. The molecule has 0 aliphatic heterocycles.